The molecule has 0 rings (SSSR count). The van der Waals surface area contributed by atoms with E-state index in [-0.39, 0.29) is 22.4 Å². The average Bonchev–Trinajstić information content (AvgIpc) is 1.94. The summed E-state index contributed by atoms with van der Waals surface area (Å²) in [6, 6.07) is 1.93. The van der Waals surface area contributed by atoms with Crippen molar-refractivity contribution in [2.75, 3.05) is 0 Å². The molecule has 0 heterocycles. The topological polar surface area (TPSA) is 52.9 Å². The van der Waals surface area contributed by atoms with E-state index < -0.39 is 0 Å². The van der Waals surface area contributed by atoms with Gasteiger partial charge in [0.15, 0.2) is 0 Å². The first kappa shape index (κ1) is 13.7. The van der Waals surface area contributed by atoms with E-state index in [1.165, 1.54) is 0 Å². The maximum absolute atomic E-state index is 11.7. The van der Waals surface area contributed by atoms with Crippen LogP contribution < -0.4 is 5.32 Å². The second kappa shape index (κ2) is 4.48. The number of carbonyl (C=O) groups is 1. The zero-order valence-electron chi connectivity index (χ0n) is 10.4. The van der Waals surface area contributed by atoms with Crippen LogP contribution in [0, 0.1) is 16.7 Å². The van der Waals surface area contributed by atoms with Gasteiger partial charge in [0, 0.05) is 5.54 Å². The van der Waals surface area contributed by atoms with E-state index in [9.17, 15) is 4.79 Å². The number of allylic oxidation sites excluding steroid dienone is 1. The van der Waals surface area contributed by atoms with Crippen LogP contribution in [-0.2, 0) is 4.79 Å². The number of amides is 1. The molecule has 0 aromatic rings. The Morgan fingerprint density at radius 3 is 1.93 bits per heavy atom. The molecule has 0 aliphatic carbocycles. The molecule has 0 saturated heterocycles. The van der Waals surface area contributed by atoms with Crippen LogP contribution in [-0.4, -0.2) is 11.4 Å². The van der Waals surface area contributed by atoms with Gasteiger partial charge >= 0.3 is 0 Å². The summed E-state index contributed by atoms with van der Waals surface area (Å²) in [5.41, 5.74) is -0.303. The van der Waals surface area contributed by atoms with Crippen LogP contribution in [0.5, 0.6) is 0 Å². The normalized spacial score (nSPS) is 13.3. The summed E-state index contributed by atoms with van der Waals surface area (Å²) in [7, 11) is 0. The molecule has 0 aliphatic heterocycles. The van der Waals surface area contributed by atoms with Crippen molar-refractivity contribution >= 4 is 5.91 Å². The number of carbonyl (C=O) groups excluding carboxylic acids is 1. The lowest BCUT2D eigenvalue weighted by molar-refractivity contribution is -0.118. The van der Waals surface area contributed by atoms with E-state index in [1.807, 2.05) is 47.6 Å². The Kier molecular flexibility index (Phi) is 4.09. The fourth-order valence-electron chi connectivity index (χ4n) is 0.990. The molecule has 1 N–H and O–H groups in total. The molecule has 1 amide bonds. The predicted molar refractivity (Wildman–Crippen MR) is 61.0 cm³/mol. The highest BCUT2D eigenvalue weighted by Gasteiger charge is 2.19. The van der Waals surface area contributed by atoms with Crippen molar-refractivity contribution < 1.29 is 4.79 Å². The van der Waals surface area contributed by atoms with Gasteiger partial charge in [-0.2, -0.15) is 5.26 Å². The van der Waals surface area contributed by atoms with E-state index in [4.69, 9.17) is 5.26 Å². The molecule has 0 fully saturated rings. The van der Waals surface area contributed by atoms with Gasteiger partial charge in [-0.05, 0) is 26.2 Å². The molecule has 0 spiro atoms. The number of nitrogens with one attached hydrogen (secondary N) is 1. The number of hydrogen-bond donors (Lipinski definition) is 1. The van der Waals surface area contributed by atoms with Crippen LogP contribution in [0.25, 0.3) is 0 Å². The first-order valence-electron chi connectivity index (χ1n) is 5.01. The summed E-state index contributed by atoms with van der Waals surface area (Å²) in [5.74, 6) is -0.306. The smallest absolute Gasteiger partial charge is 0.262 e. The van der Waals surface area contributed by atoms with E-state index >= 15 is 0 Å². The van der Waals surface area contributed by atoms with Crippen molar-refractivity contribution in [1.82, 2.24) is 5.32 Å². The van der Waals surface area contributed by atoms with Crippen LogP contribution >= 0.6 is 0 Å². The largest absolute Gasteiger partial charge is 0.347 e. The van der Waals surface area contributed by atoms with Gasteiger partial charge in [0.05, 0.1) is 0 Å². The van der Waals surface area contributed by atoms with E-state index in [2.05, 4.69) is 5.32 Å². The molecule has 0 unspecified atom stereocenters. The summed E-state index contributed by atoms with van der Waals surface area (Å²) in [5, 5.41) is 11.6. The molecule has 0 bridgehead atoms. The summed E-state index contributed by atoms with van der Waals surface area (Å²) in [6.45, 7) is 11.5. The van der Waals surface area contributed by atoms with Gasteiger partial charge in [0.2, 0.25) is 0 Å². The first-order chi connectivity index (χ1) is 6.55. The number of nitrogens with zero attached hydrogens (tertiary/aromatic N) is 1. The minimum atomic E-state index is -0.315. The molecule has 0 saturated carbocycles. The van der Waals surface area contributed by atoms with E-state index in [0.29, 0.717) is 0 Å². The van der Waals surface area contributed by atoms with Crippen LogP contribution in [0.2, 0.25) is 0 Å². The third kappa shape index (κ3) is 6.73. The Morgan fingerprint density at radius 1 is 1.20 bits per heavy atom. The van der Waals surface area contributed by atoms with Crippen molar-refractivity contribution in [2.24, 2.45) is 5.41 Å². The Balaban J connectivity index is 4.82. The van der Waals surface area contributed by atoms with Gasteiger partial charge in [-0.3, -0.25) is 4.79 Å². The van der Waals surface area contributed by atoms with Crippen LogP contribution in [0.15, 0.2) is 11.6 Å². The zero-order chi connectivity index (χ0) is 12.3. The molecular formula is C12H20N2O. The Hall–Kier alpha value is -1.30. The highest BCUT2D eigenvalue weighted by Crippen LogP contribution is 2.17. The Morgan fingerprint density at radius 2 is 1.67 bits per heavy atom. The van der Waals surface area contributed by atoms with Crippen molar-refractivity contribution in [1.29, 1.82) is 5.26 Å². The minimum Gasteiger partial charge on any atom is -0.347 e. The lowest BCUT2D eigenvalue weighted by Crippen LogP contribution is -2.41. The van der Waals surface area contributed by atoms with Crippen molar-refractivity contribution in [3.63, 3.8) is 0 Å². The fourth-order valence-corrected chi connectivity index (χ4v) is 0.990. The second-order valence-corrected chi connectivity index (χ2v) is 5.74. The predicted octanol–water partition coefficient (Wildman–Crippen LogP) is 2.40. The maximum Gasteiger partial charge on any atom is 0.262 e. The first-order valence-corrected chi connectivity index (χ1v) is 5.01. The molecule has 0 aliphatic rings. The molecule has 0 aromatic carbocycles. The van der Waals surface area contributed by atoms with E-state index in [0.717, 1.165) is 0 Å². The summed E-state index contributed by atoms with van der Waals surface area (Å²) in [4.78, 5) is 11.7. The molecule has 84 valence electrons. The molecule has 0 atom stereocenters. The molecule has 0 radical (unpaired) electrons. The molecule has 3 heteroatoms. The Labute approximate surface area is 92.2 Å². The number of nitriles is 1. The fraction of sp³-hybridized carbons (Fsp3) is 0.667. The maximum atomic E-state index is 11.7. The van der Waals surface area contributed by atoms with Crippen molar-refractivity contribution in [3.05, 3.63) is 11.6 Å². The van der Waals surface area contributed by atoms with Crippen LogP contribution in [0.4, 0.5) is 0 Å². The van der Waals surface area contributed by atoms with Gasteiger partial charge in [-0.15, -0.1) is 0 Å². The van der Waals surface area contributed by atoms with Crippen molar-refractivity contribution in [2.45, 2.75) is 47.1 Å². The van der Waals surface area contributed by atoms with Crippen LogP contribution in [0.3, 0.4) is 0 Å². The standard InChI is InChI=1S/C12H20N2O/c1-11(2,3)7-9(8-13)10(15)14-12(4,5)6/h7H,1-6H3,(H,14,15)/b9-7+. The third-order valence-electron chi connectivity index (χ3n) is 1.43. The van der Waals surface area contributed by atoms with Gasteiger partial charge < -0.3 is 5.32 Å². The SMILES string of the molecule is CC(C)(C)/C=C(\C#N)C(=O)NC(C)(C)C. The minimum absolute atomic E-state index is 0.166. The number of rotatable bonds is 1. The highest BCUT2D eigenvalue weighted by molar-refractivity contribution is 5.97. The molecule has 15 heavy (non-hydrogen) atoms. The summed E-state index contributed by atoms with van der Waals surface area (Å²) < 4.78 is 0. The zero-order valence-corrected chi connectivity index (χ0v) is 10.4. The molecule has 3 nitrogen and oxygen atoms in total. The summed E-state index contributed by atoms with van der Waals surface area (Å²) in [6.07, 6.45) is 1.69. The average molecular weight is 208 g/mol. The van der Waals surface area contributed by atoms with Crippen molar-refractivity contribution in [3.8, 4) is 6.07 Å². The Bertz CT molecular complexity index is 308. The lowest BCUT2D eigenvalue weighted by Gasteiger charge is -2.21. The highest BCUT2D eigenvalue weighted by atomic mass is 16.1. The summed E-state index contributed by atoms with van der Waals surface area (Å²) >= 11 is 0. The second-order valence-electron chi connectivity index (χ2n) is 5.74. The van der Waals surface area contributed by atoms with Crippen LogP contribution in [0.1, 0.15) is 41.5 Å². The van der Waals surface area contributed by atoms with Gasteiger partial charge in [0.1, 0.15) is 11.6 Å². The molecular weight excluding hydrogens is 188 g/mol. The monoisotopic (exact) mass is 208 g/mol. The molecule has 0 aromatic heterocycles. The third-order valence-corrected chi connectivity index (χ3v) is 1.43. The lowest BCUT2D eigenvalue weighted by atomic mass is 9.93. The van der Waals surface area contributed by atoms with Gasteiger partial charge in [0.25, 0.3) is 5.91 Å². The number of hydrogen-bond acceptors (Lipinski definition) is 2. The van der Waals surface area contributed by atoms with E-state index in [1.54, 1.807) is 6.08 Å². The quantitative estimate of drug-likeness (QED) is 0.531. The van der Waals surface area contributed by atoms with Gasteiger partial charge in [-0.1, -0.05) is 26.8 Å². The van der Waals surface area contributed by atoms with Gasteiger partial charge in [-0.25, -0.2) is 0 Å².